The van der Waals surface area contributed by atoms with Crippen LogP contribution in [0.2, 0.25) is 0 Å². The number of nitrogens with one attached hydrogen (secondary N) is 2. The number of aromatic nitrogens is 2. The Kier molecular flexibility index (Phi) is 6.73. The Morgan fingerprint density at radius 3 is 2.51 bits per heavy atom. The third-order valence-electron chi connectivity index (χ3n) is 5.94. The minimum atomic E-state index is -0.552. The van der Waals surface area contributed by atoms with Gasteiger partial charge in [0.1, 0.15) is 0 Å². The number of nitrogens with zero attached hydrogens (tertiary/aromatic N) is 3. The van der Waals surface area contributed by atoms with Crippen LogP contribution in [0.5, 0.6) is 17.2 Å². The number of carbonyl (C=O) groups is 1. The zero-order valence-electron chi connectivity index (χ0n) is 19.7. The predicted octanol–water partition coefficient (Wildman–Crippen LogP) is 3.80. The molecule has 0 radical (unpaired) electrons. The number of amides is 1. The number of likely N-dealkylation sites (tertiary alicyclic amines) is 1. The van der Waals surface area contributed by atoms with Gasteiger partial charge in [-0.3, -0.25) is 4.79 Å². The van der Waals surface area contributed by atoms with Gasteiger partial charge < -0.3 is 36.0 Å². The normalized spacial score (nSPS) is 16.8. The standard InChI is InChI=1S/C24H29N5O5S/c1-24(2,3)20(13-7-8-17(31)18(32)11-13)26-22-21(27-35-28-22)25-16-6-4-5-15(19(16)33)23(34)29-10-9-14(30)12-29/h4-8,11,14,20,30-33H,9-10,12H2,1-3H3,(H,25,27)(H,26,28)/t14-,20?/m1/s1. The first-order chi connectivity index (χ1) is 16.5. The van der Waals surface area contributed by atoms with E-state index < -0.39 is 6.10 Å². The van der Waals surface area contributed by atoms with Crippen LogP contribution in [-0.2, 0) is 0 Å². The smallest absolute Gasteiger partial charge is 0.257 e. The number of carbonyl (C=O) groups excluding carboxylic acids is 1. The van der Waals surface area contributed by atoms with Gasteiger partial charge in [-0.1, -0.05) is 32.9 Å². The van der Waals surface area contributed by atoms with Gasteiger partial charge in [-0.2, -0.15) is 8.75 Å². The van der Waals surface area contributed by atoms with Crippen molar-refractivity contribution in [2.24, 2.45) is 5.41 Å². The maximum Gasteiger partial charge on any atom is 0.257 e. The van der Waals surface area contributed by atoms with Crippen LogP contribution in [0.1, 0.15) is 49.2 Å². The van der Waals surface area contributed by atoms with Crippen molar-refractivity contribution in [3.8, 4) is 17.2 Å². The van der Waals surface area contributed by atoms with Gasteiger partial charge in [0.05, 0.1) is 35.1 Å². The van der Waals surface area contributed by atoms with Crippen LogP contribution in [0.3, 0.4) is 0 Å². The number of anilines is 3. The Labute approximate surface area is 207 Å². The molecule has 1 saturated heterocycles. The molecule has 186 valence electrons. The molecular weight excluding hydrogens is 470 g/mol. The maximum absolute atomic E-state index is 12.8. The van der Waals surface area contributed by atoms with Crippen LogP contribution in [0.25, 0.3) is 0 Å². The van der Waals surface area contributed by atoms with Crippen LogP contribution < -0.4 is 10.6 Å². The van der Waals surface area contributed by atoms with Gasteiger partial charge in [-0.05, 0) is 41.7 Å². The zero-order valence-corrected chi connectivity index (χ0v) is 20.5. The molecule has 1 amide bonds. The lowest BCUT2D eigenvalue weighted by atomic mass is 9.82. The summed E-state index contributed by atoms with van der Waals surface area (Å²) in [7, 11) is 0. The van der Waals surface area contributed by atoms with E-state index in [-0.39, 0.29) is 46.7 Å². The third-order valence-corrected chi connectivity index (χ3v) is 6.47. The molecule has 1 fully saturated rings. The Morgan fingerprint density at radius 1 is 1.11 bits per heavy atom. The van der Waals surface area contributed by atoms with E-state index in [4.69, 9.17) is 0 Å². The molecule has 0 saturated carbocycles. The minimum Gasteiger partial charge on any atom is -0.505 e. The van der Waals surface area contributed by atoms with Crippen molar-refractivity contribution in [1.82, 2.24) is 13.6 Å². The lowest BCUT2D eigenvalue weighted by molar-refractivity contribution is 0.0762. The molecule has 3 aromatic rings. The van der Waals surface area contributed by atoms with E-state index in [1.54, 1.807) is 24.3 Å². The first-order valence-electron chi connectivity index (χ1n) is 11.2. The van der Waals surface area contributed by atoms with Crippen LogP contribution in [0.15, 0.2) is 36.4 Å². The van der Waals surface area contributed by atoms with E-state index in [0.717, 1.165) is 17.3 Å². The van der Waals surface area contributed by atoms with Crippen LogP contribution in [-0.4, -0.2) is 59.2 Å². The number of hydrogen-bond donors (Lipinski definition) is 6. The molecule has 1 aromatic heterocycles. The Balaban J connectivity index is 1.59. The number of benzene rings is 2. The van der Waals surface area contributed by atoms with Crippen molar-refractivity contribution in [2.75, 3.05) is 23.7 Å². The van der Waals surface area contributed by atoms with Crippen LogP contribution >= 0.6 is 11.7 Å². The summed E-state index contributed by atoms with van der Waals surface area (Å²) >= 11 is 0.977. The first-order valence-corrected chi connectivity index (χ1v) is 11.9. The number of hydrogen-bond acceptors (Lipinski definition) is 10. The predicted molar refractivity (Wildman–Crippen MR) is 133 cm³/mol. The molecule has 2 aromatic carbocycles. The van der Waals surface area contributed by atoms with Gasteiger partial charge in [-0.25, -0.2) is 0 Å². The fourth-order valence-electron chi connectivity index (χ4n) is 4.06. The largest absolute Gasteiger partial charge is 0.505 e. The van der Waals surface area contributed by atoms with Crippen molar-refractivity contribution >= 4 is 35.0 Å². The second kappa shape index (κ2) is 9.59. The molecule has 35 heavy (non-hydrogen) atoms. The lowest BCUT2D eigenvalue weighted by Gasteiger charge is -2.32. The van der Waals surface area contributed by atoms with Crippen molar-refractivity contribution in [3.05, 3.63) is 47.5 Å². The van der Waals surface area contributed by atoms with Crippen molar-refractivity contribution in [3.63, 3.8) is 0 Å². The molecule has 11 heteroatoms. The molecule has 6 N–H and O–H groups in total. The summed E-state index contributed by atoms with van der Waals surface area (Å²) in [4.78, 5) is 14.4. The minimum absolute atomic E-state index is 0.133. The summed E-state index contributed by atoms with van der Waals surface area (Å²) in [6, 6.07) is 9.19. The molecule has 0 aliphatic carbocycles. The molecule has 1 unspecified atom stereocenters. The monoisotopic (exact) mass is 499 g/mol. The van der Waals surface area contributed by atoms with E-state index in [1.807, 2.05) is 20.8 Å². The van der Waals surface area contributed by atoms with E-state index >= 15 is 0 Å². The molecule has 0 spiro atoms. The topological polar surface area (TPSA) is 151 Å². The highest BCUT2D eigenvalue weighted by Crippen LogP contribution is 2.40. The van der Waals surface area contributed by atoms with Crippen LogP contribution in [0.4, 0.5) is 17.3 Å². The fourth-order valence-corrected chi connectivity index (χ4v) is 4.54. The Morgan fingerprint density at radius 2 is 1.86 bits per heavy atom. The SMILES string of the molecule is CC(C)(C)C(Nc1nsnc1Nc1cccc(C(=O)N2CC[C@@H](O)C2)c1O)c1ccc(O)c(O)c1. The van der Waals surface area contributed by atoms with Gasteiger partial charge >= 0.3 is 0 Å². The Hall–Kier alpha value is -3.57. The molecule has 1 aliphatic rings. The van der Waals surface area contributed by atoms with Gasteiger partial charge in [0.25, 0.3) is 5.91 Å². The van der Waals surface area contributed by atoms with E-state index in [9.17, 15) is 25.2 Å². The molecule has 1 aliphatic heterocycles. The Bertz CT molecular complexity index is 1230. The van der Waals surface area contributed by atoms with Gasteiger partial charge in [0, 0.05) is 13.1 Å². The quantitative estimate of drug-likeness (QED) is 0.278. The summed E-state index contributed by atoms with van der Waals surface area (Å²) < 4.78 is 8.65. The van der Waals surface area contributed by atoms with Crippen LogP contribution in [0, 0.1) is 5.41 Å². The molecular formula is C24H29N5O5S. The van der Waals surface area contributed by atoms with Gasteiger partial charge in [0.15, 0.2) is 28.9 Å². The lowest BCUT2D eigenvalue weighted by Crippen LogP contribution is -2.29. The molecule has 2 heterocycles. The van der Waals surface area contributed by atoms with Gasteiger partial charge in [-0.15, -0.1) is 0 Å². The van der Waals surface area contributed by atoms with Crippen molar-refractivity contribution in [2.45, 2.75) is 39.3 Å². The van der Waals surface area contributed by atoms with E-state index in [1.165, 1.54) is 17.0 Å². The number of aliphatic hydroxyl groups is 1. The second-order valence-corrected chi connectivity index (χ2v) is 10.2. The summed E-state index contributed by atoms with van der Waals surface area (Å²) in [5.41, 5.74) is 0.865. The molecule has 10 nitrogen and oxygen atoms in total. The summed E-state index contributed by atoms with van der Waals surface area (Å²) in [5.74, 6) is -0.186. The third kappa shape index (κ3) is 5.25. The number of aromatic hydroxyl groups is 3. The number of phenolic OH excluding ortho intramolecular Hbond substituents is 3. The highest BCUT2D eigenvalue weighted by atomic mass is 32.1. The summed E-state index contributed by atoms with van der Waals surface area (Å²) in [6.07, 6.45) is -0.0408. The number of rotatable bonds is 6. The molecule has 0 bridgehead atoms. The summed E-state index contributed by atoms with van der Waals surface area (Å²) in [5, 5.41) is 46.7. The van der Waals surface area contributed by atoms with Crippen molar-refractivity contribution < 1.29 is 25.2 Å². The number of para-hydroxylation sites is 1. The van der Waals surface area contributed by atoms with E-state index in [0.29, 0.717) is 30.3 Å². The molecule has 2 atom stereocenters. The highest BCUT2D eigenvalue weighted by molar-refractivity contribution is 6.99. The van der Waals surface area contributed by atoms with E-state index in [2.05, 4.69) is 19.4 Å². The second-order valence-electron chi connectivity index (χ2n) is 9.67. The zero-order chi connectivity index (χ0) is 25.3. The molecule has 4 rings (SSSR count). The average Bonchev–Trinajstić information content (AvgIpc) is 3.43. The number of β-amino-alcohol motifs (C(OH)–C–C–N with tert-alkyl or cyclic N) is 1. The maximum atomic E-state index is 12.8. The highest BCUT2D eigenvalue weighted by Gasteiger charge is 2.30. The number of phenols is 3. The van der Waals surface area contributed by atoms with Gasteiger partial charge in [0.2, 0.25) is 0 Å². The first kappa shape index (κ1) is 24.6. The average molecular weight is 500 g/mol. The fraction of sp³-hybridized carbons (Fsp3) is 0.375. The summed E-state index contributed by atoms with van der Waals surface area (Å²) in [6.45, 7) is 6.75. The van der Waals surface area contributed by atoms with Crippen molar-refractivity contribution in [1.29, 1.82) is 0 Å². The number of aliphatic hydroxyl groups excluding tert-OH is 1.